The smallest absolute Gasteiger partial charge is 0.387 e. The lowest BCUT2D eigenvalue weighted by molar-refractivity contribution is -0.276. The molecule has 0 atom stereocenters. The van der Waals surface area contributed by atoms with E-state index in [9.17, 15) is 18.0 Å². The van der Waals surface area contributed by atoms with Gasteiger partial charge in [0.05, 0.1) is 4.47 Å². The minimum Gasteiger partial charge on any atom is -0.387 e. The number of halogens is 4. The molecule has 0 unspecified atom stereocenters. The van der Waals surface area contributed by atoms with Gasteiger partial charge in [-0.05, 0) is 22.0 Å². The second kappa shape index (κ2) is 3.95. The third kappa shape index (κ3) is 2.69. The minimum atomic E-state index is -4.82. The maximum atomic E-state index is 11.8. The Morgan fingerprint density at radius 1 is 1.50 bits per heavy atom. The average Bonchev–Trinajstić information content (AvgIpc) is 2.06. The van der Waals surface area contributed by atoms with Crippen molar-refractivity contribution in [1.29, 1.82) is 0 Å². The van der Waals surface area contributed by atoms with Gasteiger partial charge in [0, 0.05) is 11.8 Å². The van der Waals surface area contributed by atoms with Gasteiger partial charge in [-0.2, -0.15) is 0 Å². The number of carbonyl (C=O) groups is 1. The molecule has 0 amide bonds. The van der Waals surface area contributed by atoms with Crippen LogP contribution < -0.4 is 4.74 Å². The van der Waals surface area contributed by atoms with Gasteiger partial charge in [0.15, 0.2) is 6.29 Å². The van der Waals surface area contributed by atoms with Gasteiger partial charge >= 0.3 is 6.36 Å². The zero-order valence-electron chi connectivity index (χ0n) is 6.51. The number of ether oxygens (including phenoxy) is 1. The van der Waals surface area contributed by atoms with Crippen LogP contribution in [0.4, 0.5) is 13.2 Å². The Balaban J connectivity index is 3.04. The van der Waals surface area contributed by atoms with Crippen LogP contribution in [0, 0.1) is 0 Å². The quantitative estimate of drug-likeness (QED) is 0.775. The van der Waals surface area contributed by atoms with Gasteiger partial charge in [-0.25, -0.2) is 4.98 Å². The van der Waals surface area contributed by atoms with Crippen molar-refractivity contribution in [2.24, 2.45) is 0 Å². The van der Waals surface area contributed by atoms with Gasteiger partial charge in [0.25, 0.3) is 0 Å². The molecule has 0 aliphatic heterocycles. The van der Waals surface area contributed by atoms with E-state index in [1.54, 1.807) is 0 Å². The number of alkyl halides is 3. The van der Waals surface area contributed by atoms with Crippen molar-refractivity contribution in [1.82, 2.24) is 4.98 Å². The van der Waals surface area contributed by atoms with E-state index in [2.05, 4.69) is 25.7 Å². The lowest BCUT2D eigenvalue weighted by Gasteiger charge is -2.09. The summed E-state index contributed by atoms with van der Waals surface area (Å²) in [7, 11) is 0. The Labute approximate surface area is 85.0 Å². The van der Waals surface area contributed by atoms with Crippen LogP contribution in [-0.2, 0) is 0 Å². The van der Waals surface area contributed by atoms with Gasteiger partial charge < -0.3 is 4.74 Å². The maximum Gasteiger partial charge on any atom is 0.574 e. The fraction of sp³-hybridized carbons (Fsp3) is 0.143. The van der Waals surface area contributed by atoms with Crippen molar-refractivity contribution >= 4 is 22.2 Å². The lowest BCUT2D eigenvalue weighted by atomic mass is 10.3. The first-order chi connectivity index (χ1) is 6.44. The molecule has 14 heavy (non-hydrogen) atoms. The number of carbonyl (C=O) groups excluding carboxylic acids is 1. The fourth-order valence-corrected chi connectivity index (χ4v) is 1.12. The summed E-state index contributed by atoms with van der Waals surface area (Å²) < 4.78 is 38.8. The zero-order chi connectivity index (χ0) is 10.8. The van der Waals surface area contributed by atoms with Crippen LogP contribution in [0.2, 0.25) is 0 Å². The predicted octanol–water partition coefficient (Wildman–Crippen LogP) is 2.56. The van der Waals surface area contributed by atoms with E-state index in [1.165, 1.54) is 6.07 Å². The molecular formula is C7H3BrF3NO2. The maximum absolute atomic E-state index is 11.8. The molecule has 0 aliphatic carbocycles. The normalized spacial score (nSPS) is 11.1. The highest BCUT2D eigenvalue weighted by Gasteiger charge is 2.33. The third-order valence-electron chi connectivity index (χ3n) is 1.23. The predicted molar refractivity (Wildman–Crippen MR) is 44.0 cm³/mol. The highest BCUT2D eigenvalue weighted by Crippen LogP contribution is 2.29. The molecule has 0 bridgehead atoms. The molecule has 0 saturated carbocycles. The summed E-state index contributed by atoms with van der Waals surface area (Å²) in [4.78, 5) is 13.7. The van der Waals surface area contributed by atoms with E-state index in [1.807, 2.05) is 0 Å². The lowest BCUT2D eigenvalue weighted by Crippen LogP contribution is -2.18. The SMILES string of the molecule is O=Cc1ccnc(OC(F)(F)F)c1Br. The highest BCUT2D eigenvalue weighted by atomic mass is 79.9. The minimum absolute atomic E-state index is 0.0410. The van der Waals surface area contributed by atoms with Crippen molar-refractivity contribution in [2.75, 3.05) is 0 Å². The molecule has 0 spiro atoms. The van der Waals surface area contributed by atoms with Crippen molar-refractivity contribution in [3.05, 3.63) is 22.3 Å². The molecule has 76 valence electrons. The van der Waals surface area contributed by atoms with Crippen molar-refractivity contribution < 1.29 is 22.7 Å². The third-order valence-corrected chi connectivity index (χ3v) is 2.02. The number of hydrogen-bond acceptors (Lipinski definition) is 3. The summed E-state index contributed by atoms with van der Waals surface area (Å²) >= 11 is 2.78. The second-order valence-electron chi connectivity index (χ2n) is 2.18. The second-order valence-corrected chi connectivity index (χ2v) is 2.98. The Morgan fingerprint density at radius 2 is 2.14 bits per heavy atom. The van der Waals surface area contributed by atoms with Crippen LogP contribution in [0.25, 0.3) is 0 Å². The molecular weight excluding hydrogens is 267 g/mol. The van der Waals surface area contributed by atoms with Crippen molar-refractivity contribution in [3.8, 4) is 5.88 Å². The van der Waals surface area contributed by atoms with Gasteiger partial charge in [-0.1, -0.05) is 0 Å². The molecule has 7 heteroatoms. The van der Waals surface area contributed by atoms with Crippen LogP contribution >= 0.6 is 15.9 Å². The number of hydrogen-bond donors (Lipinski definition) is 0. The standard InChI is InChI=1S/C7H3BrF3NO2/c8-5-4(3-13)1-2-12-6(5)14-7(9,10)11/h1-3H. The number of aldehydes is 1. The van der Waals surface area contributed by atoms with E-state index < -0.39 is 12.2 Å². The fourth-order valence-electron chi connectivity index (χ4n) is 0.710. The molecule has 1 heterocycles. The molecule has 0 radical (unpaired) electrons. The molecule has 3 nitrogen and oxygen atoms in total. The summed E-state index contributed by atoms with van der Waals surface area (Å²) in [5.74, 6) is -0.679. The molecule has 1 aromatic rings. The molecule has 1 aromatic heterocycles. The van der Waals surface area contributed by atoms with Crippen LogP contribution in [0.1, 0.15) is 10.4 Å². The van der Waals surface area contributed by atoms with Crippen molar-refractivity contribution in [2.45, 2.75) is 6.36 Å². The number of aromatic nitrogens is 1. The first kappa shape index (κ1) is 11.0. The van der Waals surface area contributed by atoms with Crippen molar-refractivity contribution in [3.63, 3.8) is 0 Å². The molecule has 1 rings (SSSR count). The number of rotatable bonds is 2. The highest BCUT2D eigenvalue weighted by molar-refractivity contribution is 9.10. The van der Waals surface area contributed by atoms with Crippen LogP contribution in [-0.4, -0.2) is 17.6 Å². The van der Waals surface area contributed by atoms with E-state index in [-0.39, 0.29) is 10.0 Å². The van der Waals surface area contributed by atoms with E-state index >= 15 is 0 Å². The summed E-state index contributed by atoms with van der Waals surface area (Å²) in [5.41, 5.74) is 0.0410. The number of nitrogens with zero attached hydrogens (tertiary/aromatic N) is 1. The topological polar surface area (TPSA) is 39.2 Å². The molecule has 0 aliphatic rings. The summed E-state index contributed by atoms with van der Waals surface area (Å²) in [5, 5.41) is 0. The van der Waals surface area contributed by atoms with Crippen LogP contribution in [0.15, 0.2) is 16.7 Å². The van der Waals surface area contributed by atoms with E-state index in [0.29, 0.717) is 6.29 Å². The molecule has 0 saturated heterocycles. The Hall–Kier alpha value is -1.11. The molecule has 0 N–H and O–H groups in total. The van der Waals surface area contributed by atoms with Crippen LogP contribution in [0.5, 0.6) is 5.88 Å². The monoisotopic (exact) mass is 269 g/mol. The van der Waals surface area contributed by atoms with Gasteiger partial charge in [-0.3, -0.25) is 4.79 Å². The summed E-state index contributed by atoms with van der Waals surface area (Å²) in [6.45, 7) is 0. The van der Waals surface area contributed by atoms with Gasteiger partial charge in [-0.15, -0.1) is 13.2 Å². The molecule has 0 fully saturated rings. The summed E-state index contributed by atoms with van der Waals surface area (Å²) in [6, 6.07) is 1.26. The van der Waals surface area contributed by atoms with E-state index in [0.717, 1.165) is 6.20 Å². The number of pyridine rings is 1. The first-order valence-electron chi connectivity index (χ1n) is 3.29. The summed E-state index contributed by atoms with van der Waals surface area (Å²) in [6.07, 6.45) is -3.37. The zero-order valence-corrected chi connectivity index (χ0v) is 8.09. The van der Waals surface area contributed by atoms with E-state index in [4.69, 9.17) is 0 Å². The Morgan fingerprint density at radius 3 is 2.64 bits per heavy atom. The van der Waals surface area contributed by atoms with Gasteiger partial charge in [0.1, 0.15) is 0 Å². The first-order valence-corrected chi connectivity index (χ1v) is 4.09. The largest absolute Gasteiger partial charge is 0.574 e. The Kier molecular flexibility index (Phi) is 3.10. The van der Waals surface area contributed by atoms with Crippen LogP contribution in [0.3, 0.4) is 0 Å². The Bertz CT molecular complexity index is 353. The van der Waals surface area contributed by atoms with Gasteiger partial charge in [0.2, 0.25) is 5.88 Å². The molecule has 0 aromatic carbocycles. The average molecular weight is 270 g/mol.